The minimum atomic E-state index is -0.862. The lowest BCUT2D eigenvalue weighted by Crippen LogP contribution is -2.27. The minimum Gasteiger partial charge on any atom is -0.492 e. The monoisotopic (exact) mass is 494 g/mol. The van der Waals surface area contributed by atoms with Gasteiger partial charge in [0.15, 0.2) is 0 Å². The average molecular weight is 495 g/mol. The Morgan fingerprint density at radius 1 is 1.13 bits per heavy atom. The highest BCUT2D eigenvalue weighted by atomic mass is 79.9. The van der Waals surface area contributed by atoms with E-state index in [1.54, 1.807) is 0 Å². The van der Waals surface area contributed by atoms with Crippen LogP contribution < -0.4 is 9.64 Å². The topological polar surface area (TPSA) is 108 Å². The summed E-state index contributed by atoms with van der Waals surface area (Å²) in [6.45, 7) is 2.49. The minimum absolute atomic E-state index is 0.0282. The fourth-order valence-electron chi connectivity index (χ4n) is 2.87. The van der Waals surface area contributed by atoms with Gasteiger partial charge in [0.05, 0.1) is 35.8 Å². The van der Waals surface area contributed by atoms with Crippen LogP contribution >= 0.6 is 15.9 Å². The fourth-order valence-corrected chi connectivity index (χ4v) is 3.31. The lowest BCUT2D eigenvalue weighted by molar-refractivity contribution is -0.384. The maximum atomic E-state index is 12.6. The first-order valence-corrected chi connectivity index (χ1v) is 10.3. The molecular weight excluding hydrogens is 472 g/mol. The number of methoxy groups -OCH3 is 2. The van der Waals surface area contributed by atoms with E-state index >= 15 is 0 Å². The van der Waals surface area contributed by atoms with Gasteiger partial charge in [-0.3, -0.25) is 10.1 Å². The number of carbonyl (C=O) groups excluding carboxylic acids is 2. The molecule has 9 nitrogen and oxygen atoms in total. The van der Waals surface area contributed by atoms with Crippen molar-refractivity contribution >= 4 is 39.2 Å². The van der Waals surface area contributed by atoms with Crippen molar-refractivity contribution in [3.8, 4) is 5.75 Å². The summed E-state index contributed by atoms with van der Waals surface area (Å²) in [7, 11) is 2.32. The summed E-state index contributed by atoms with van der Waals surface area (Å²) in [6, 6.07) is 2.74. The number of nitrogens with zero attached hydrogens (tertiary/aromatic N) is 2. The van der Waals surface area contributed by atoms with Crippen LogP contribution in [0.5, 0.6) is 5.75 Å². The van der Waals surface area contributed by atoms with Gasteiger partial charge in [-0.05, 0) is 34.5 Å². The normalized spacial score (nSPS) is 13.1. The number of halogens is 1. The molecule has 0 saturated carbocycles. The Morgan fingerprint density at radius 2 is 1.84 bits per heavy atom. The van der Waals surface area contributed by atoms with E-state index in [9.17, 15) is 19.7 Å². The number of benzene rings is 1. The van der Waals surface area contributed by atoms with Crippen LogP contribution in [0.25, 0.3) is 0 Å². The number of allylic oxidation sites excluding steroid dienone is 2. The van der Waals surface area contributed by atoms with Crippen LogP contribution in [0, 0.1) is 10.1 Å². The third kappa shape index (κ3) is 5.72. The van der Waals surface area contributed by atoms with Crippen molar-refractivity contribution in [3.05, 3.63) is 62.4 Å². The molecule has 0 aliphatic carbocycles. The van der Waals surface area contributed by atoms with E-state index in [1.165, 1.54) is 48.6 Å². The summed E-state index contributed by atoms with van der Waals surface area (Å²) >= 11 is 3.31. The van der Waals surface area contributed by atoms with E-state index in [-0.39, 0.29) is 22.6 Å². The van der Waals surface area contributed by atoms with E-state index in [0.717, 1.165) is 26.4 Å². The number of rotatable bonds is 9. The number of nitro groups is 1. The predicted molar refractivity (Wildman–Crippen MR) is 118 cm³/mol. The van der Waals surface area contributed by atoms with Gasteiger partial charge in [-0.25, -0.2) is 9.59 Å². The molecule has 0 spiro atoms. The molecule has 0 bridgehead atoms. The van der Waals surface area contributed by atoms with Gasteiger partial charge in [0.2, 0.25) is 0 Å². The molecule has 10 heteroatoms. The number of anilines is 1. The second-order valence-electron chi connectivity index (χ2n) is 6.40. The Hall–Kier alpha value is -3.14. The fraction of sp³-hybridized carbons (Fsp3) is 0.333. The van der Waals surface area contributed by atoms with Gasteiger partial charge in [-0.2, -0.15) is 0 Å². The molecule has 1 aromatic rings. The standard InChI is InChI=1S/C21H23BrN2O7/c1-4-5-8-11-31-18-13-16(17(24(27)28)12-15(18)22)23-10-7-6-9-14(20(25)29-2)19(23)21(26)30-3/h6-7,9-10,12-13H,4-5,8,11H2,1-3H3. The second kappa shape index (κ2) is 11.3. The van der Waals surface area contributed by atoms with Crippen LogP contribution in [-0.2, 0) is 19.1 Å². The molecular formula is C21H23BrN2O7. The molecule has 2 rings (SSSR count). The van der Waals surface area contributed by atoms with Crippen LogP contribution in [0.4, 0.5) is 11.4 Å². The maximum Gasteiger partial charge on any atom is 0.355 e. The van der Waals surface area contributed by atoms with Crippen molar-refractivity contribution in [1.82, 2.24) is 0 Å². The van der Waals surface area contributed by atoms with Gasteiger partial charge in [0.1, 0.15) is 17.1 Å². The number of unbranched alkanes of at least 4 members (excludes halogenated alkanes) is 2. The largest absolute Gasteiger partial charge is 0.492 e. The number of carbonyl (C=O) groups is 2. The molecule has 0 atom stereocenters. The summed E-state index contributed by atoms with van der Waals surface area (Å²) in [6.07, 6.45) is 8.68. The summed E-state index contributed by atoms with van der Waals surface area (Å²) in [5.74, 6) is -1.29. The molecule has 0 fully saturated rings. The van der Waals surface area contributed by atoms with Gasteiger partial charge in [-0.1, -0.05) is 25.8 Å². The highest BCUT2D eigenvalue weighted by Crippen LogP contribution is 2.41. The van der Waals surface area contributed by atoms with Crippen molar-refractivity contribution in [3.63, 3.8) is 0 Å². The molecule has 0 unspecified atom stereocenters. The molecule has 1 aliphatic rings. The summed E-state index contributed by atoms with van der Waals surface area (Å²) in [5, 5.41) is 11.8. The quantitative estimate of drug-likeness (QED) is 0.215. The predicted octanol–water partition coefficient (Wildman–Crippen LogP) is 4.42. The first-order chi connectivity index (χ1) is 14.8. The molecule has 1 aliphatic heterocycles. The van der Waals surface area contributed by atoms with Gasteiger partial charge in [0.25, 0.3) is 5.69 Å². The summed E-state index contributed by atoms with van der Waals surface area (Å²) in [5.41, 5.74) is -0.603. The molecule has 0 saturated heterocycles. The molecule has 0 aromatic heterocycles. The maximum absolute atomic E-state index is 12.6. The first kappa shape index (κ1) is 24.1. The van der Waals surface area contributed by atoms with Crippen molar-refractivity contribution in [1.29, 1.82) is 0 Å². The zero-order valence-electron chi connectivity index (χ0n) is 17.4. The van der Waals surface area contributed by atoms with Crippen LogP contribution in [0.3, 0.4) is 0 Å². The molecule has 1 heterocycles. The molecule has 0 radical (unpaired) electrons. The molecule has 166 valence electrons. The molecule has 0 N–H and O–H groups in total. The SMILES string of the molecule is CCCCCOc1cc(N2C=CC=CC(C(=O)OC)=C2C(=O)OC)c([N+](=O)[O-])cc1Br. The van der Waals surface area contributed by atoms with E-state index in [4.69, 9.17) is 14.2 Å². The Bertz CT molecular complexity index is 953. The Morgan fingerprint density at radius 3 is 2.45 bits per heavy atom. The van der Waals surface area contributed by atoms with E-state index in [2.05, 4.69) is 22.9 Å². The van der Waals surface area contributed by atoms with E-state index in [0.29, 0.717) is 16.8 Å². The Balaban J connectivity index is 2.67. The van der Waals surface area contributed by atoms with Gasteiger partial charge in [0, 0.05) is 18.3 Å². The second-order valence-corrected chi connectivity index (χ2v) is 7.25. The summed E-state index contributed by atoms with van der Waals surface area (Å²) in [4.78, 5) is 37.3. The lowest BCUT2D eigenvalue weighted by Gasteiger charge is -2.23. The number of hydrogen-bond acceptors (Lipinski definition) is 8. The zero-order chi connectivity index (χ0) is 23.0. The molecule has 31 heavy (non-hydrogen) atoms. The van der Waals surface area contributed by atoms with Crippen molar-refractivity contribution in [2.45, 2.75) is 26.2 Å². The number of hydrogen-bond donors (Lipinski definition) is 0. The highest BCUT2D eigenvalue weighted by molar-refractivity contribution is 9.10. The van der Waals surface area contributed by atoms with Crippen LogP contribution in [0.15, 0.2) is 52.3 Å². The first-order valence-electron chi connectivity index (χ1n) is 9.51. The van der Waals surface area contributed by atoms with Crippen molar-refractivity contribution < 1.29 is 28.7 Å². The number of nitro benzene ring substituents is 1. The number of ether oxygens (including phenoxy) is 3. The van der Waals surface area contributed by atoms with Gasteiger partial charge < -0.3 is 19.1 Å². The van der Waals surface area contributed by atoms with E-state index in [1.807, 2.05) is 0 Å². The third-order valence-corrected chi connectivity index (χ3v) is 5.00. The van der Waals surface area contributed by atoms with E-state index < -0.39 is 16.9 Å². The molecule has 0 amide bonds. The Kier molecular flexibility index (Phi) is 8.80. The molecule has 1 aromatic carbocycles. The van der Waals surface area contributed by atoms with Crippen molar-refractivity contribution in [2.75, 3.05) is 25.7 Å². The highest BCUT2D eigenvalue weighted by Gasteiger charge is 2.32. The Labute approximate surface area is 188 Å². The van der Waals surface area contributed by atoms with Crippen LogP contribution in [0.2, 0.25) is 0 Å². The van der Waals surface area contributed by atoms with Crippen molar-refractivity contribution in [2.24, 2.45) is 0 Å². The third-order valence-electron chi connectivity index (χ3n) is 4.38. The van der Waals surface area contributed by atoms with Gasteiger partial charge >= 0.3 is 11.9 Å². The smallest absolute Gasteiger partial charge is 0.355 e. The lowest BCUT2D eigenvalue weighted by atomic mass is 10.1. The van der Waals surface area contributed by atoms with Gasteiger partial charge in [-0.15, -0.1) is 0 Å². The number of esters is 2. The zero-order valence-corrected chi connectivity index (χ0v) is 19.0. The average Bonchev–Trinajstić information content (AvgIpc) is 2.99. The van der Waals surface area contributed by atoms with Crippen LogP contribution in [-0.4, -0.2) is 37.7 Å². The van der Waals surface area contributed by atoms with Crippen LogP contribution in [0.1, 0.15) is 26.2 Å². The summed E-state index contributed by atoms with van der Waals surface area (Å²) < 4.78 is 15.8.